The molecule has 1 aromatic heterocycles. The molecule has 0 unspecified atom stereocenters. The van der Waals surface area contributed by atoms with E-state index in [9.17, 15) is 0 Å². The number of aromatic nitrogens is 2. The van der Waals surface area contributed by atoms with E-state index in [1.165, 1.54) is 0 Å². The second-order valence-corrected chi connectivity index (χ2v) is 5.46. The molecule has 0 aliphatic rings. The lowest BCUT2D eigenvalue weighted by molar-refractivity contribution is 0.686. The summed E-state index contributed by atoms with van der Waals surface area (Å²) in [6.45, 7) is 3.12. The summed E-state index contributed by atoms with van der Waals surface area (Å²) in [6, 6.07) is 6.02. The van der Waals surface area contributed by atoms with E-state index in [-0.39, 0.29) is 0 Å². The third-order valence-electron chi connectivity index (χ3n) is 2.35. The van der Waals surface area contributed by atoms with Crippen molar-refractivity contribution in [3.05, 3.63) is 39.5 Å². The van der Waals surface area contributed by atoms with Crippen LogP contribution >= 0.6 is 31.9 Å². The maximum atomic E-state index is 4.32. The summed E-state index contributed by atoms with van der Waals surface area (Å²) in [7, 11) is 0. The highest BCUT2D eigenvalue weighted by atomic mass is 79.9. The SMILES string of the molecule is CCCn1ccnc1Nc1cc(Br)ccc1Br. The molecule has 1 aromatic carbocycles. The smallest absolute Gasteiger partial charge is 0.207 e. The average Bonchev–Trinajstić information content (AvgIpc) is 2.72. The highest BCUT2D eigenvalue weighted by Crippen LogP contribution is 2.28. The lowest BCUT2D eigenvalue weighted by Crippen LogP contribution is -2.03. The third-order valence-corrected chi connectivity index (χ3v) is 3.54. The molecule has 2 aromatic rings. The number of hydrogen-bond acceptors (Lipinski definition) is 2. The number of aryl methyl sites for hydroxylation is 1. The fourth-order valence-electron chi connectivity index (χ4n) is 1.57. The van der Waals surface area contributed by atoms with Crippen LogP contribution in [-0.2, 0) is 6.54 Å². The van der Waals surface area contributed by atoms with Gasteiger partial charge in [-0.1, -0.05) is 22.9 Å². The molecule has 3 nitrogen and oxygen atoms in total. The van der Waals surface area contributed by atoms with Crippen LogP contribution in [0.5, 0.6) is 0 Å². The van der Waals surface area contributed by atoms with Crippen LogP contribution in [0.3, 0.4) is 0 Å². The number of rotatable bonds is 4. The predicted molar refractivity (Wildman–Crippen MR) is 77.6 cm³/mol. The molecular formula is C12H13Br2N3. The summed E-state index contributed by atoms with van der Waals surface area (Å²) in [4.78, 5) is 4.32. The molecule has 5 heteroatoms. The molecule has 0 saturated carbocycles. The molecule has 0 spiro atoms. The monoisotopic (exact) mass is 357 g/mol. The van der Waals surface area contributed by atoms with Crippen molar-refractivity contribution in [2.75, 3.05) is 5.32 Å². The number of nitrogens with zero attached hydrogens (tertiary/aromatic N) is 2. The number of nitrogens with one attached hydrogen (secondary N) is 1. The van der Waals surface area contributed by atoms with Gasteiger partial charge >= 0.3 is 0 Å². The van der Waals surface area contributed by atoms with Crippen LogP contribution in [0.1, 0.15) is 13.3 Å². The zero-order valence-electron chi connectivity index (χ0n) is 9.45. The molecular weight excluding hydrogens is 346 g/mol. The summed E-state index contributed by atoms with van der Waals surface area (Å²) in [5.74, 6) is 0.866. The van der Waals surface area contributed by atoms with Gasteiger partial charge in [-0.25, -0.2) is 4.98 Å². The normalized spacial score (nSPS) is 10.5. The molecule has 1 N–H and O–H groups in total. The Morgan fingerprint density at radius 3 is 2.94 bits per heavy atom. The lowest BCUT2D eigenvalue weighted by Gasteiger charge is -2.10. The van der Waals surface area contributed by atoms with E-state index in [4.69, 9.17) is 0 Å². The highest BCUT2D eigenvalue weighted by Gasteiger charge is 2.05. The highest BCUT2D eigenvalue weighted by molar-refractivity contribution is 9.11. The van der Waals surface area contributed by atoms with Crippen LogP contribution < -0.4 is 5.32 Å². The topological polar surface area (TPSA) is 29.9 Å². The number of benzene rings is 1. The van der Waals surface area contributed by atoms with Crippen molar-refractivity contribution in [3.8, 4) is 0 Å². The Bertz CT molecular complexity index is 508. The standard InChI is InChI=1S/C12H13Br2N3/c1-2-6-17-7-5-15-12(17)16-11-8-9(13)3-4-10(11)14/h3-5,7-8H,2,6H2,1H3,(H,15,16). The van der Waals surface area contributed by atoms with Crippen LogP contribution in [-0.4, -0.2) is 9.55 Å². The van der Waals surface area contributed by atoms with E-state index in [2.05, 4.69) is 53.7 Å². The summed E-state index contributed by atoms with van der Waals surface area (Å²) in [6.07, 6.45) is 4.88. The quantitative estimate of drug-likeness (QED) is 0.868. The van der Waals surface area contributed by atoms with Crippen molar-refractivity contribution >= 4 is 43.5 Å². The van der Waals surface area contributed by atoms with Gasteiger partial charge in [-0.15, -0.1) is 0 Å². The van der Waals surface area contributed by atoms with Crippen molar-refractivity contribution in [3.63, 3.8) is 0 Å². The maximum absolute atomic E-state index is 4.32. The fraction of sp³-hybridized carbons (Fsp3) is 0.250. The second kappa shape index (κ2) is 5.69. The van der Waals surface area contributed by atoms with Crippen molar-refractivity contribution in [2.24, 2.45) is 0 Å². The number of anilines is 2. The Kier molecular flexibility index (Phi) is 4.23. The van der Waals surface area contributed by atoms with E-state index in [1.807, 2.05) is 30.6 Å². The zero-order chi connectivity index (χ0) is 12.3. The van der Waals surface area contributed by atoms with Crippen LogP contribution in [0.4, 0.5) is 11.6 Å². The Labute approximate surface area is 118 Å². The van der Waals surface area contributed by atoms with Gasteiger partial charge < -0.3 is 9.88 Å². The summed E-state index contributed by atoms with van der Waals surface area (Å²) >= 11 is 6.98. The van der Waals surface area contributed by atoms with Gasteiger partial charge in [-0.05, 0) is 40.5 Å². The summed E-state index contributed by atoms with van der Waals surface area (Å²) < 4.78 is 4.16. The van der Waals surface area contributed by atoms with E-state index in [1.54, 1.807) is 0 Å². The fourth-order valence-corrected chi connectivity index (χ4v) is 2.28. The Balaban J connectivity index is 2.25. The van der Waals surface area contributed by atoms with Gasteiger partial charge in [0.05, 0.1) is 5.69 Å². The Morgan fingerprint density at radius 2 is 2.18 bits per heavy atom. The first-order valence-electron chi connectivity index (χ1n) is 5.44. The first-order valence-corrected chi connectivity index (χ1v) is 7.02. The van der Waals surface area contributed by atoms with Gasteiger partial charge in [0.2, 0.25) is 5.95 Å². The van der Waals surface area contributed by atoms with Crippen LogP contribution in [0.2, 0.25) is 0 Å². The first-order chi connectivity index (χ1) is 8.20. The van der Waals surface area contributed by atoms with Gasteiger partial charge in [-0.3, -0.25) is 0 Å². The Morgan fingerprint density at radius 1 is 1.35 bits per heavy atom. The third kappa shape index (κ3) is 3.10. The van der Waals surface area contributed by atoms with E-state index >= 15 is 0 Å². The number of hydrogen-bond donors (Lipinski definition) is 1. The van der Waals surface area contributed by atoms with Crippen LogP contribution in [0, 0.1) is 0 Å². The molecule has 0 fully saturated rings. The summed E-state index contributed by atoms with van der Waals surface area (Å²) in [5, 5.41) is 3.32. The lowest BCUT2D eigenvalue weighted by atomic mass is 10.3. The maximum Gasteiger partial charge on any atom is 0.207 e. The van der Waals surface area contributed by atoms with Crippen molar-refractivity contribution in [1.29, 1.82) is 0 Å². The van der Waals surface area contributed by atoms with Crippen molar-refractivity contribution < 1.29 is 0 Å². The Hall–Kier alpha value is -0.810. The number of halogens is 2. The van der Waals surface area contributed by atoms with Gasteiger partial charge in [0.1, 0.15) is 0 Å². The molecule has 0 amide bonds. The van der Waals surface area contributed by atoms with Crippen molar-refractivity contribution in [1.82, 2.24) is 9.55 Å². The van der Waals surface area contributed by atoms with E-state index < -0.39 is 0 Å². The van der Waals surface area contributed by atoms with Gasteiger partial charge in [0, 0.05) is 27.9 Å². The molecule has 0 aliphatic carbocycles. The predicted octanol–water partition coefficient (Wildman–Crippen LogP) is 4.56. The molecule has 1 heterocycles. The molecule has 0 saturated heterocycles. The minimum absolute atomic E-state index is 0.866. The second-order valence-electron chi connectivity index (χ2n) is 3.69. The van der Waals surface area contributed by atoms with Gasteiger partial charge in [-0.2, -0.15) is 0 Å². The van der Waals surface area contributed by atoms with Crippen LogP contribution in [0.15, 0.2) is 39.5 Å². The molecule has 0 aliphatic heterocycles. The minimum atomic E-state index is 0.866. The summed E-state index contributed by atoms with van der Waals surface area (Å²) in [5.41, 5.74) is 1.00. The molecule has 0 bridgehead atoms. The average molecular weight is 359 g/mol. The van der Waals surface area contributed by atoms with Crippen molar-refractivity contribution in [2.45, 2.75) is 19.9 Å². The molecule has 0 atom stereocenters. The van der Waals surface area contributed by atoms with Gasteiger partial charge in [0.15, 0.2) is 0 Å². The van der Waals surface area contributed by atoms with E-state index in [0.29, 0.717) is 0 Å². The zero-order valence-corrected chi connectivity index (χ0v) is 12.6. The van der Waals surface area contributed by atoms with E-state index in [0.717, 1.165) is 33.5 Å². The van der Waals surface area contributed by atoms with Gasteiger partial charge in [0.25, 0.3) is 0 Å². The molecule has 17 heavy (non-hydrogen) atoms. The van der Waals surface area contributed by atoms with Crippen LogP contribution in [0.25, 0.3) is 0 Å². The molecule has 2 rings (SSSR count). The minimum Gasteiger partial charge on any atom is -0.325 e. The largest absolute Gasteiger partial charge is 0.325 e. The number of imidazole rings is 1. The molecule has 90 valence electrons. The first kappa shape index (κ1) is 12.6. The molecule has 0 radical (unpaired) electrons.